The molecule has 156 valence electrons. The zero-order chi connectivity index (χ0) is 22.0. The van der Waals surface area contributed by atoms with Crippen molar-refractivity contribution in [3.63, 3.8) is 0 Å². The number of carbonyl (C=O) groups excluding carboxylic acids is 1. The fourth-order valence-electron chi connectivity index (χ4n) is 4.20. The summed E-state index contributed by atoms with van der Waals surface area (Å²) in [6.45, 7) is 5.27. The molecule has 4 rings (SSSR count). The minimum absolute atomic E-state index is 0.0196. The standard InChI is InChI=1S/C26H24N2O3/c1-17-14-19(18(2)28(17)12-13-30-3)15-20(16-27)26(29)31-25-23-10-6-4-8-21(23)22-9-5-7-11-24(22)25/h4-11,14-15,25H,12-13H2,1-3H3/b20-15+. The number of hydrogen-bond acceptors (Lipinski definition) is 4. The predicted octanol–water partition coefficient (Wildman–Crippen LogP) is 4.97. The van der Waals surface area contributed by atoms with Crippen LogP contribution in [0.2, 0.25) is 0 Å². The summed E-state index contributed by atoms with van der Waals surface area (Å²) in [6.07, 6.45) is 1.09. The van der Waals surface area contributed by atoms with E-state index in [0.29, 0.717) is 13.2 Å². The molecule has 31 heavy (non-hydrogen) atoms. The molecule has 0 amide bonds. The SMILES string of the molecule is COCCn1c(C)cc(/C=C(\C#N)C(=O)OC2c3ccccc3-c3ccccc32)c1C. The van der Waals surface area contributed by atoms with Gasteiger partial charge >= 0.3 is 5.97 Å². The highest BCUT2D eigenvalue weighted by Gasteiger charge is 2.31. The van der Waals surface area contributed by atoms with E-state index in [9.17, 15) is 10.1 Å². The summed E-state index contributed by atoms with van der Waals surface area (Å²) in [7, 11) is 1.66. The number of rotatable bonds is 6. The van der Waals surface area contributed by atoms with Gasteiger partial charge in [0.05, 0.1) is 6.61 Å². The number of nitrogens with zero attached hydrogens (tertiary/aromatic N) is 2. The Bertz CT molecular complexity index is 1170. The van der Waals surface area contributed by atoms with E-state index in [4.69, 9.17) is 9.47 Å². The van der Waals surface area contributed by atoms with Gasteiger partial charge in [0.25, 0.3) is 0 Å². The molecule has 0 saturated carbocycles. The third kappa shape index (κ3) is 3.78. The lowest BCUT2D eigenvalue weighted by atomic mass is 10.1. The van der Waals surface area contributed by atoms with Gasteiger partial charge in [0, 0.05) is 36.2 Å². The summed E-state index contributed by atoms with van der Waals surface area (Å²) in [5.74, 6) is -0.624. The Balaban J connectivity index is 1.64. The molecule has 3 aromatic rings. The fraction of sp³-hybridized carbons (Fsp3) is 0.231. The molecule has 0 spiro atoms. The van der Waals surface area contributed by atoms with Crippen LogP contribution in [0.5, 0.6) is 0 Å². The second kappa shape index (κ2) is 8.63. The van der Waals surface area contributed by atoms with E-state index in [2.05, 4.69) is 4.57 Å². The van der Waals surface area contributed by atoms with Crippen LogP contribution in [0.4, 0.5) is 0 Å². The molecule has 0 saturated heterocycles. The van der Waals surface area contributed by atoms with Gasteiger partial charge in [-0.25, -0.2) is 4.79 Å². The molecule has 5 heteroatoms. The number of aryl methyl sites for hydroxylation is 1. The molecule has 2 aromatic carbocycles. The van der Waals surface area contributed by atoms with E-state index in [1.807, 2.05) is 74.5 Å². The third-order valence-electron chi connectivity index (χ3n) is 5.77. The maximum Gasteiger partial charge on any atom is 0.349 e. The van der Waals surface area contributed by atoms with Gasteiger partial charge in [0.15, 0.2) is 6.10 Å². The van der Waals surface area contributed by atoms with Crippen molar-refractivity contribution in [1.82, 2.24) is 4.57 Å². The van der Waals surface area contributed by atoms with Crippen LogP contribution in [-0.2, 0) is 20.8 Å². The smallest absolute Gasteiger partial charge is 0.349 e. The summed E-state index contributed by atoms with van der Waals surface area (Å²) in [4.78, 5) is 13.0. The van der Waals surface area contributed by atoms with Crippen molar-refractivity contribution in [2.24, 2.45) is 0 Å². The highest BCUT2D eigenvalue weighted by molar-refractivity contribution is 5.98. The second-order valence-corrected chi connectivity index (χ2v) is 7.60. The van der Waals surface area contributed by atoms with Crippen LogP contribution in [0.25, 0.3) is 17.2 Å². The van der Waals surface area contributed by atoms with Crippen molar-refractivity contribution in [2.75, 3.05) is 13.7 Å². The topological polar surface area (TPSA) is 64.2 Å². The first-order valence-corrected chi connectivity index (χ1v) is 10.2. The zero-order valence-electron chi connectivity index (χ0n) is 17.9. The van der Waals surface area contributed by atoms with Gasteiger partial charge in [0.1, 0.15) is 11.6 Å². The van der Waals surface area contributed by atoms with E-state index in [-0.39, 0.29) is 5.57 Å². The Morgan fingerprint density at radius 1 is 1.10 bits per heavy atom. The van der Waals surface area contributed by atoms with Gasteiger partial charge in [-0.05, 0) is 42.7 Å². The van der Waals surface area contributed by atoms with Crippen LogP contribution < -0.4 is 0 Å². The number of aromatic nitrogens is 1. The van der Waals surface area contributed by atoms with E-state index in [1.54, 1.807) is 13.2 Å². The molecule has 0 fully saturated rings. The van der Waals surface area contributed by atoms with Crippen molar-refractivity contribution in [3.8, 4) is 17.2 Å². The van der Waals surface area contributed by atoms with E-state index in [0.717, 1.165) is 39.2 Å². The van der Waals surface area contributed by atoms with Crippen molar-refractivity contribution >= 4 is 12.0 Å². The lowest BCUT2D eigenvalue weighted by Crippen LogP contribution is -2.12. The molecule has 0 aliphatic heterocycles. The number of carbonyl (C=O) groups is 1. The minimum Gasteiger partial charge on any atom is -0.448 e. The number of fused-ring (bicyclic) bond motifs is 3. The summed E-state index contributed by atoms with van der Waals surface area (Å²) >= 11 is 0. The van der Waals surface area contributed by atoms with Gasteiger partial charge in [-0.3, -0.25) is 0 Å². The number of hydrogen-bond donors (Lipinski definition) is 0. The molecular formula is C26H24N2O3. The Morgan fingerprint density at radius 3 is 2.29 bits per heavy atom. The lowest BCUT2D eigenvalue weighted by Gasteiger charge is -2.14. The van der Waals surface area contributed by atoms with Crippen LogP contribution in [0.15, 0.2) is 60.2 Å². The van der Waals surface area contributed by atoms with Crippen LogP contribution in [-0.4, -0.2) is 24.3 Å². The quantitative estimate of drug-likeness (QED) is 0.326. The van der Waals surface area contributed by atoms with Crippen molar-refractivity contribution < 1.29 is 14.3 Å². The van der Waals surface area contributed by atoms with Crippen molar-refractivity contribution in [1.29, 1.82) is 5.26 Å². The Morgan fingerprint density at radius 2 is 1.71 bits per heavy atom. The fourth-order valence-corrected chi connectivity index (χ4v) is 4.20. The monoisotopic (exact) mass is 412 g/mol. The molecule has 1 aromatic heterocycles. The highest BCUT2D eigenvalue weighted by Crippen LogP contribution is 2.45. The molecule has 0 bridgehead atoms. The number of ether oxygens (including phenoxy) is 2. The molecule has 0 atom stereocenters. The first-order chi connectivity index (χ1) is 15.0. The summed E-state index contributed by atoms with van der Waals surface area (Å²) < 4.78 is 13.2. The number of nitriles is 1. The number of esters is 1. The molecule has 1 heterocycles. The van der Waals surface area contributed by atoms with Crippen molar-refractivity contribution in [2.45, 2.75) is 26.5 Å². The minimum atomic E-state index is -0.624. The predicted molar refractivity (Wildman–Crippen MR) is 119 cm³/mol. The number of methoxy groups -OCH3 is 1. The molecule has 0 N–H and O–H groups in total. The Kier molecular flexibility index (Phi) is 5.75. The van der Waals surface area contributed by atoms with Gasteiger partial charge in [0.2, 0.25) is 0 Å². The summed E-state index contributed by atoms with van der Waals surface area (Å²) in [5.41, 5.74) is 6.82. The highest BCUT2D eigenvalue weighted by atomic mass is 16.5. The molecule has 5 nitrogen and oxygen atoms in total. The largest absolute Gasteiger partial charge is 0.448 e. The zero-order valence-corrected chi connectivity index (χ0v) is 17.9. The molecule has 0 unspecified atom stereocenters. The Labute approximate surface area is 182 Å². The summed E-state index contributed by atoms with van der Waals surface area (Å²) in [6, 6.07) is 19.8. The maximum atomic E-state index is 13.0. The third-order valence-corrected chi connectivity index (χ3v) is 5.77. The molecule has 1 aliphatic carbocycles. The van der Waals surface area contributed by atoms with E-state index in [1.165, 1.54) is 0 Å². The van der Waals surface area contributed by atoms with Gasteiger partial charge in [-0.15, -0.1) is 0 Å². The van der Waals surface area contributed by atoms with E-state index < -0.39 is 12.1 Å². The summed E-state index contributed by atoms with van der Waals surface area (Å²) in [5, 5.41) is 9.68. The maximum absolute atomic E-state index is 13.0. The van der Waals surface area contributed by atoms with Crippen LogP contribution in [0.1, 0.15) is 34.2 Å². The molecule has 0 radical (unpaired) electrons. The number of benzene rings is 2. The van der Waals surface area contributed by atoms with Crippen LogP contribution >= 0.6 is 0 Å². The first kappa shape index (κ1) is 20.6. The lowest BCUT2D eigenvalue weighted by molar-refractivity contribution is -0.142. The Hall–Kier alpha value is -3.62. The molecule has 1 aliphatic rings. The van der Waals surface area contributed by atoms with E-state index >= 15 is 0 Å². The van der Waals surface area contributed by atoms with Crippen LogP contribution in [0.3, 0.4) is 0 Å². The average Bonchev–Trinajstić information content (AvgIpc) is 3.24. The van der Waals surface area contributed by atoms with Gasteiger partial charge in [-0.1, -0.05) is 48.5 Å². The van der Waals surface area contributed by atoms with Gasteiger partial charge in [-0.2, -0.15) is 5.26 Å². The first-order valence-electron chi connectivity index (χ1n) is 10.2. The van der Waals surface area contributed by atoms with Crippen LogP contribution in [0, 0.1) is 25.2 Å². The van der Waals surface area contributed by atoms with Gasteiger partial charge < -0.3 is 14.0 Å². The molecular weight excluding hydrogens is 388 g/mol. The normalized spacial score (nSPS) is 12.9. The second-order valence-electron chi connectivity index (χ2n) is 7.60. The average molecular weight is 412 g/mol. The van der Waals surface area contributed by atoms with Crippen molar-refractivity contribution in [3.05, 3.63) is 88.2 Å².